The number of hydrogen-bond acceptors (Lipinski definition) is 3. The lowest BCUT2D eigenvalue weighted by molar-refractivity contribution is -0.117. The summed E-state index contributed by atoms with van der Waals surface area (Å²) in [4.78, 5) is 29.4. The van der Waals surface area contributed by atoms with Crippen LogP contribution in [0.5, 0.6) is 0 Å². The zero-order valence-corrected chi connectivity index (χ0v) is 17.2. The van der Waals surface area contributed by atoms with Gasteiger partial charge in [0.15, 0.2) is 0 Å². The van der Waals surface area contributed by atoms with E-state index in [1.54, 1.807) is 18.3 Å². The highest BCUT2D eigenvalue weighted by atomic mass is 16.2. The molecule has 0 aliphatic rings. The SMILES string of the molecule is CCC(C(=O)Nc1ccc(-c2ccc3ncccc3c2)c(C(N)=O)c1)c1ccccc1. The molecule has 1 heterocycles. The van der Waals surface area contributed by atoms with Crippen molar-refractivity contribution in [2.24, 2.45) is 5.73 Å². The van der Waals surface area contributed by atoms with Gasteiger partial charge in [0.1, 0.15) is 0 Å². The molecule has 154 valence electrons. The number of fused-ring (bicyclic) bond motifs is 1. The zero-order valence-electron chi connectivity index (χ0n) is 17.2. The zero-order chi connectivity index (χ0) is 21.8. The van der Waals surface area contributed by atoms with Crippen molar-refractivity contribution in [3.05, 3.63) is 96.2 Å². The number of nitrogens with one attached hydrogen (secondary N) is 1. The number of anilines is 1. The number of benzene rings is 3. The highest BCUT2D eigenvalue weighted by Gasteiger charge is 2.19. The Labute approximate surface area is 180 Å². The Morgan fingerprint density at radius 1 is 0.968 bits per heavy atom. The summed E-state index contributed by atoms with van der Waals surface area (Å²) in [5.74, 6) is -0.938. The second-order valence-electron chi connectivity index (χ2n) is 7.40. The third kappa shape index (κ3) is 4.31. The molecule has 4 rings (SSSR count). The fraction of sp³-hybridized carbons (Fsp3) is 0.115. The Kier molecular flexibility index (Phi) is 5.76. The first-order chi connectivity index (χ1) is 15.1. The highest BCUT2D eigenvalue weighted by Crippen LogP contribution is 2.29. The van der Waals surface area contributed by atoms with Crippen LogP contribution >= 0.6 is 0 Å². The molecule has 1 atom stereocenters. The summed E-state index contributed by atoms with van der Waals surface area (Å²) in [6.45, 7) is 1.98. The van der Waals surface area contributed by atoms with Crippen molar-refractivity contribution in [2.45, 2.75) is 19.3 Å². The number of amides is 2. The number of nitrogens with zero attached hydrogens (tertiary/aromatic N) is 1. The van der Waals surface area contributed by atoms with Crippen LogP contribution in [0.15, 0.2) is 85.1 Å². The molecule has 0 saturated carbocycles. The molecule has 4 aromatic rings. The molecule has 3 aromatic carbocycles. The van der Waals surface area contributed by atoms with Gasteiger partial charge in [-0.1, -0.05) is 55.5 Å². The number of carbonyl (C=O) groups is 2. The Bertz CT molecular complexity index is 1250. The maximum Gasteiger partial charge on any atom is 0.249 e. The van der Waals surface area contributed by atoms with Crippen molar-refractivity contribution in [3.8, 4) is 11.1 Å². The van der Waals surface area contributed by atoms with Crippen LogP contribution in [0.3, 0.4) is 0 Å². The Morgan fingerprint density at radius 3 is 2.52 bits per heavy atom. The lowest BCUT2D eigenvalue weighted by atomic mass is 9.95. The normalized spacial score (nSPS) is 11.8. The molecule has 0 saturated heterocycles. The van der Waals surface area contributed by atoms with Gasteiger partial charge in [0.2, 0.25) is 11.8 Å². The van der Waals surface area contributed by atoms with Gasteiger partial charge in [0.05, 0.1) is 11.4 Å². The maximum atomic E-state index is 12.9. The lowest BCUT2D eigenvalue weighted by Gasteiger charge is -2.16. The largest absolute Gasteiger partial charge is 0.366 e. The molecule has 0 aliphatic heterocycles. The van der Waals surface area contributed by atoms with Gasteiger partial charge in [0, 0.05) is 22.8 Å². The van der Waals surface area contributed by atoms with Crippen molar-refractivity contribution >= 4 is 28.4 Å². The number of nitrogens with two attached hydrogens (primary N) is 1. The first-order valence-electron chi connectivity index (χ1n) is 10.2. The molecular weight excluding hydrogens is 386 g/mol. The molecule has 0 fully saturated rings. The molecule has 0 radical (unpaired) electrons. The summed E-state index contributed by atoms with van der Waals surface area (Å²) in [5, 5.41) is 3.91. The molecule has 5 nitrogen and oxygen atoms in total. The van der Waals surface area contributed by atoms with Crippen molar-refractivity contribution in [1.29, 1.82) is 0 Å². The molecule has 5 heteroatoms. The van der Waals surface area contributed by atoms with E-state index >= 15 is 0 Å². The predicted octanol–water partition coefficient (Wildman–Crippen LogP) is 5.13. The number of pyridine rings is 1. The van der Waals surface area contributed by atoms with E-state index in [4.69, 9.17) is 5.73 Å². The maximum absolute atomic E-state index is 12.9. The third-order valence-corrected chi connectivity index (χ3v) is 5.39. The minimum atomic E-state index is -0.549. The standard InChI is InChI=1S/C26H23N3O2/c1-2-21(17-7-4-3-5-8-17)26(31)29-20-11-12-22(23(16-20)25(27)30)18-10-13-24-19(15-18)9-6-14-28-24/h3-16,21H,2H2,1H3,(H2,27,30)(H,29,31). The predicted molar refractivity (Wildman–Crippen MR) is 124 cm³/mol. The highest BCUT2D eigenvalue weighted by molar-refractivity contribution is 6.03. The van der Waals surface area contributed by atoms with Crippen molar-refractivity contribution in [2.75, 3.05) is 5.32 Å². The summed E-state index contributed by atoms with van der Waals surface area (Å²) in [6.07, 6.45) is 2.41. The number of aromatic nitrogens is 1. The summed E-state index contributed by atoms with van der Waals surface area (Å²) < 4.78 is 0. The summed E-state index contributed by atoms with van der Waals surface area (Å²) in [6, 6.07) is 24.6. The molecular formula is C26H23N3O2. The first-order valence-corrected chi connectivity index (χ1v) is 10.2. The minimum absolute atomic E-state index is 0.117. The Balaban J connectivity index is 1.65. The molecule has 1 aromatic heterocycles. The summed E-state index contributed by atoms with van der Waals surface area (Å²) in [7, 11) is 0. The van der Waals surface area contributed by atoms with Crippen LogP contribution in [0, 0.1) is 0 Å². The van der Waals surface area contributed by atoms with E-state index < -0.39 is 5.91 Å². The molecule has 3 N–H and O–H groups in total. The van der Waals surface area contributed by atoms with Crippen LogP contribution < -0.4 is 11.1 Å². The number of primary amides is 1. The van der Waals surface area contributed by atoms with Crippen molar-refractivity contribution in [1.82, 2.24) is 4.98 Å². The first kappa shape index (κ1) is 20.3. The average Bonchev–Trinajstić information content (AvgIpc) is 2.80. The van der Waals surface area contributed by atoms with Gasteiger partial charge in [-0.2, -0.15) is 0 Å². The van der Waals surface area contributed by atoms with E-state index in [1.807, 2.05) is 73.7 Å². The van der Waals surface area contributed by atoms with Crippen LogP contribution in [0.2, 0.25) is 0 Å². The molecule has 1 unspecified atom stereocenters. The topological polar surface area (TPSA) is 85.1 Å². The molecule has 31 heavy (non-hydrogen) atoms. The smallest absolute Gasteiger partial charge is 0.249 e. The minimum Gasteiger partial charge on any atom is -0.366 e. The molecule has 2 amide bonds. The molecule has 0 bridgehead atoms. The summed E-state index contributed by atoms with van der Waals surface area (Å²) in [5.41, 5.74) is 9.99. The quantitative estimate of drug-likeness (QED) is 0.463. The molecule has 0 aliphatic carbocycles. The van der Waals surface area contributed by atoms with Gasteiger partial charge in [-0.05, 0) is 53.4 Å². The lowest BCUT2D eigenvalue weighted by Crippen LogP contribution is -2.21. The van der Waals surface area contributed by atoms with E-state index in [0.717, 1.165) is 22.0 Å². The fourth-order valence-corrected chi connectivity index (χ4v) is 3.81. The van der Waals surface area contributed by atoms with E-state index in [-0.39, 0.29) is 11.8 Å². The van der Waals surface area contributed by atoms with E-state index in [9.17, 15) is 9.59 Å². The van der Waals surface area contributed by atoms with E-state index in [0.29, 0.717) is 23.2 Å². The van der Waals surface area contributed by atoms with Crippen LogP contribution in [-0.2, 0) is 4.79 Å². The van der Waals surface area contributed by atoms with Crippen LogP contribution in [-0.4, -0.2) is 16.8 Å². The van der Waals surface area contributed by atoms with Gasteiger partial charge in [0.25, 0.3) is 0 Å². The second kappa shape index (κ2) is 8.79. The van der Waals surface area contributed by atoms with Crippen LogP contribution in [0.1, 0.15) is 35.2 Å². The summed E-state index contributed by atoms with van der Waals surface area (Å²) >= 11 is 0. The van der Waals surface area contributed by atoms with Gasteiger partial charge in [-0.3, -0.25) is 14.6 Å². The van der Waals surface area contributed by atoms with Crippen molar-refractivity contribution in [3.63, 3.8) is 0 Å². The number of carbonyl (C=O) groups excluding carboxylic acids is 2. The van der Waals surface area contributed by atoms with Crippen molar-refractivity contribution < 1.29 is 9.59 Å². The van der Waals surface area contributed by atoms with Crippen LogP contribution in [0.4, 0.5) is 5.69 Å². The number of hydrogen-bond donors (Lipinski definition) is 2. The second-order valence-corrected chi connectivity index (χ2v) is 7.40. The monoisotopic (exact) mass is 409 g/mol. The van der Waals surface area contributed by atoms with Gasteiger partial charge in [-0.15, -0.1) is 0 Å². The Morgan fingerprint density at radius 2 is 1.77 bits per heavy atom. The molecule has 0 spiro atoms. The van der Waals surface area contributed by atoms with Gasteiger partial charge < -0.3 is 11.1 Å². The van der Waals surface area contributed by atoms with E-state index in [2.05, 4.69) is 10.3 Å². The Hall–Kier alpha value is -3.99. The van der Waals surface area contributed by atoms with Gasteiger partial charge >= 0.3 is 0 Å². The number of rotatable bonds is 6. The van der Waals surface area contributed by atoms with Crippen LogP contribution in [0.25, 0.3) is 22.0 Å². The van der Waals surface area contributed by atoms with Gasteiger partial charge in [-0.25, -0.2) is 0 Å². The average molecular weight is 409 g/mol. The fourth-order valence-electron chi connectivity index (χ4n) is 3.81. The van der Waals surface area contributed by atoms with E-state index in [1.165, 1.54) is 0 Å². The third-order valence-electron chi connectivity index (χ3n) is 5.39.